The minimum absolute atomic E-state index is 0.121. The van der Waals surface area contributed by atoms with Crippen LogP contribution in [0.2, 0.25) is 0 Å². The number of para-hydroxylation sites is 1. The molecule has 0 spiro atoms. The third-order valence-electron chi connectivity index (χ3n) is 4.36. The Balaban J connectivity index is 1.86. The van der Waals surface area contributed by atoms with E-state index in [1.807, 2.05) is 61.5 Å². The minimum Gasteiger partial charge on any atom is -0.463 e. The average molecular weight is 391 g/mol. The second-order valence-corrected chi connectivity index (χ2v) is 7.03. The summed E-state index contributed by atoms with van der Waals surface area (Å²) in [6.07, 6.45) is 1.67. The lowest BCUT2D eigenvalue weighted by Gasteiger charge is -2.09. The van der Waals surface area contributed by atoms with Crippen LogP contribution in [0.4, 0.5) is 0 Å². The number of aromatic nitrogens is 2. The Kier molecular flexibility index (Phi) is 6.44. The fourth-order valence-corrected chi connectivity index (χ4v) is 2.99. The summed E-state index contributed by atoms with van der Waals surface area (Å²) in [5.74, 6) is -0.609. The average Bonchev–Trinajstić information content (AvgIpc) is 3.13. The van der Waals surface area contributed by atoms with Crippen LogP contribution in [0.15, 0.2) is 60.8 Å². The quantitative estimate of drug-likeness (QED) is 0.620. The fourth-order valence-electron chi connectivity index (χ4n) is 2.99. The Bertz CT molecular complexity index is 994. The van der Waals surface area contributed by atoms with E-state index >= 15 is 0 Å². The number of nitrogens with one attached hydrogen (secondary N) is 1. The summed E-state index contributed by atoms with van der Waals surface area (Å²) in [6, 6.07) is 17.4. The summed E-state index contributed by atoms with van der Waals surface area (Å²) < 4.78 is 6.80. The molecule has 0 aliphatic heterocycles. The van der Waals surface area contributed by atoms with Gasteiger partial charge in [0.05, 0.1) is 23.8 Å². The van der Waals surface area contributed by atoms with Crippen molar-refractivity contribution in [2.75, 3.05) is 6.54 Å². The molecule has 0 unspecified atom stereocenters. The third kappa shape index (κ3) is 5.10. The van der Waals surface area contributed by atoms with Crippen molar-refractivity contribution < 1.29 is 14.3 Å². The first kappa shape index (κ1) is 20.3. The number of aryl methyl sites for hydroxylation is 1. The van der Waals surface area contributed by atoms with Crippen molar-refractivity contribution in [3.63, 3.8) is 0 Å². The van der Waals surface area contributed by atoms with Gasteiger partial charge in [0.2, 0.25) is 0 Å². The van der Waals surface area contributed by atoms with Crippen molar-refractivity contribution in [2.24, 2.45) is 0 Å². The number of rotatable bonds is 7. The van der Waals surface area contributed by atoms with Gasteiger partial charge in [0.1, 0.15) is 5.69 Å². The van der Waals surface area contributed by atoms with E-state index in [9.17, 15) is 9.59 Å². The number of nitrogens with zero attached hydrogens (tertiary/aromatic N) is 2. The molecule has 2 aromatic carbocycles. The molecule has 0 saturated heterocycles. The molecule has 1 amide bonds. The van der Waals surface area contributed by atoms with Crippen molar-refractivity contribution in [1.29, 1.82) is 0 Å². The Morgan fingerprint density at radius 1 is 1.07 bits per heavy atom. The normalized spacial score (nSPS) is 10.8. The molecule has 0 saturated carbocycles. The van der Waals surface area contributed by atoms with Crippen LogP contribution in [0, 0.1) is 6.92 Å². The van der Waals surface area contributed by atoms with Crippen molar-refractivity contribution in [3.8, 4) is 16.9 Å². The minimum atomic E-state index is -0.334. The second-order valence-electron chi connectivity index (χ2n) is 7.03. The van der Waals surface area contributed by atoms with Gasteiger partial charge in [0.15, 0.2) is 0 Å². The zero-order valence-electron chi connectivity index (χ0n) is 16.9. The highest BCUT2D eigenvalue weighted by atomic mass is 16.5. The van der Waals surface area contributed by atoms with Crippen LogP contribution < -0.4 is 5.32 Å². The molecule has 6 nitrogen and oxygen atoms in total. The topological polar surface area (TPSA) is 73.2 Å². The standard InChI is InChI=1S/C23H25N3O3/c1-16(2)29-21(27)13-14-24-23(28)20-15-26(18-10-5-4-6-11-18)25-22(20)19-12-8-7-9-17(19)3/h4-12,15-16H,13-14H2,1-3H3,(H,24,28). The Morgan fingerprint density at radius 2 is 1.76 bits per heavy atom. The molecule has 0 aliphatic carbocycles. The van der Waals surface area contributed by atoms with Gasteiger partial charge in [-0.05, 0) is 38.5 Å². The lowest BCUT2D eigenvalue weighted by molar-refractivity contribution is -0.147. The van der Waals surface area contributed by atoms with Crippen LogP contribution in [-0.2, 0) is 9.53 Å². The van der Waals surface area contributed by atoms with Crippen LogP contribution in [0.1, 0.15) is 36.2 Å². The highest BCUT2D eigenvalue weighted by molar-refractivity contribution is 6.00. The third-order valence-corrected chi connectivity index (χ3v) is 4.36. The SMILES string of the molecule is Cc1ccccc1-c1nn(-c2ccccc2)cc1C(=O)NCCC(=O)OC(C)C. The largest absolute Gasteiger partial charge is 0.463 e. The molecule has 1 aromatic heterocycles. The van der Waals surface area contributed by atoms with Crippen molar-refractivity contribution >= 4 is 11.9 Å². The molecule has 29 heavy (non-hydrogen) atoms. The predicted molar refractivity (Wildman–Crippen MR) is 112 cm³/mol. The summed E-state index contributed by atoms with van der Waals surface area (Å²) >= 11 is 0. The second kappa shape index (κ2) is 9.19. The van der Waals surface area contributed by atoms with Crippen LogP contribution in [-0.4, -0.2) is 34.3 Å². The van der Waals surface area contributed by atoms with E-state index in [1.54, 1.807) is 24.7 Å². The van der Waals surface area contributed by atoms with E-state index < -0.39 is 0 Å². The van der Waals surface area contributed by atoms with Crippen LogP contribution in [0.5, 0.6) is 0 Å². The molecular weight excluding hydrogens is 366 g/mol. The molecule has 6 heteroatoms. The maximum Gasteiger partial charge on any atom is 0.307 e. The number of amides is 1. The first-order valence-corrected chi connectivity index (χ1v) is 9.64. The summed E-state index contributed by atoms with van der Waals surface area (Å²) in [7, 11) is 0. The molecule has 1 heterocycles. The fraction of sp³-hybridized carbons (Fsp3) is 0.261. The molecular formula is C23H25N3O3. The van der Waals surface area contributed by atoms with E-state index in [1.165, 1.54) is 0 Å². The maximum atomic E-state index is 12.9. The van der Waals surface area contributed by atoms with Crippen molar-refractivity contribution in [1.82, 2.24) is 15.1 Å². The van der Waals surface area contributed by atoms with Gasteiger partial charge in [0.25, 0.3) is 5.91 Å². The predicted octanol–water partition coefficient (Wildman–Crippen LogP) is 3.92. The number of hydrogen-bond acceptors (Lipinski definition) is 4. The van der Waals surface area contributed by atoms with Crippen molar-refractivity contribution in [3.05, 3.63) is 71.9 Å². The highest BCUT2D eigenvalue weighted by Gasteiger charge is 2.20. The van der Waals surface area contributed by atoms with Crippen LogP contribution in [0.3, 0.4) is 0 Å². The lowest BCUT2D eigenvalue weighted by Crippen LogP contribution is -2.27. The molecule has 1 N–H and O–H groups in total. The van der Waals surface area contributed by atoms with E-state index in [0.29, 0.717) is 11.3 Å². The van der Waals surface area contributed by atoms with E-state index in [-0.39, 0.29) is 30.9 Å². The Morgan fingerprint density at radius 3 is 2.45 bits per heavy atom. The molecule has 0 atom stereocenters. The van der Waals surface area contributed by atoms with Gasteiger partial charge in [-0.15, -0.1) is 0 Å². The number of esters is 1. The van der Waals surface area contributed by atoms with E-state index in [2.05, 4.69) is 10.4 Å². The monoisotopic (exact) mass is 391 g/mol. The number of hydrogen-bond donors (Lipinski definition) is 1. The summed E-state index contributed by atoms with van der Waals surface area (Å²) in [5, 5.41) is 7.48. The number of carbonyl (C=O) groups excluding carboxylic acids is 2. The van der Waals surface area contributed by atoms with Crippen molar-refractivity contribution in [2.45, 2.75) is 33.3 Å². The highest BCUT2D eigenvalue weighted by Crippen LogP contribution is 2.26. The molecule has 150 valence electrons. The van der Waals surface area contributed by atoms with Gasteiger partial charge in [-0.3, -0.25) is 9.59 Å². The summed E-state index contributed by atoms with van der Waals surface area (Å²) in [4.78, 5) is 24.6. The number of benzene rings is 2. The molecule has 0 aliphatic rings. The van der Waals surface area contributed by atoms with Gasteiger partial charge in [0, 0.05) is 18.3 Å². The molecule has 0 bridgehead atoms. The first-order valence-electron chi connectivity index (χ1n) is 9.64. The summed E-state index contributed by atoms with van der Waals surface area (Å²) in [6.45, 7) is 5.78. The smallest absolute Gasteiger partial charge is 0.307 e. The molecule has 3 rings (SSSR count). The number of ether oxygens (including phenoxy) is 1. The van der Waals surface area contributed by atoms with Gasteiger partial charge in [-0.2, -0.15) is 5.10 Å². The number of carbonyl (C=O) groups is 2. The van der Waals surface area contributed by atoms with Gasteiger partial charge < -0.3 is 10.1 Å². The molecule has 0 radical (unpaired) electrons. The van der Waals surface area contributed by atoms with Gasteiger partial charge in [-0.1, -0.05) is 42.5 Å². The zero-order chi connectivity index (χ0) is 20.8. The first-order chi connectivity index (χ1) is 14.0. The van der Waals surface area contributed by atoms with E-state index in [0.717, 1.165) is 16.8 Å². The van der Waals surface area contributed by atoms with Crippen LogP contribution >= 0.6 is 0 Å². The summed E-state index contributed by atoms with van der Waals surface area (Å²) in [5.41, 5.74) is 3.85. The Labute approximate surface area is 170 Å². The Hall–Kier alpha value is -3.41. The molecule has 3 aromatic rings. The zero-order valence-corrected chi connectivity index (χ0v) is 16.9. The lowest BCUT2D eigenvalue weighted by atomic mass is 10.0. The van der Waals surface area contributed by atoms with Gasteiger partial charge in [-0.25, -0.2) is 4.68 Å². The molecule has 0 fully saturated rings. The van der Waals surface area contributed by atoms with Gasteiger partial charge >= 0.3 is 5.97 Å². The van der Waals surface area contributed by atoms with E-state index in [4.69, 9.17) is 4.74 Å². The van der Waals surface area contributed by atoms with Crippen LogP contribution in [0.25, 0.3) is 16.9 Å². The maximum absolute atomic E-state index is 12.9.